The molecule has 0 aromatic heterocycles. The average molecular weight is 262 g/mol. The quantitative estimate of drug-likeness (QED) is 0.782. The maximum Gasteiger partial charge on any atom is 0.325 e. The Bertz CT molecular complexity index is 477. The standard InChI is InChI=1S/C12H12N3O4/c16-7-6-13-11(18)15(9-4-2-1-3-5-9)12-14-10(17)8-19-12/h1-5,12H,6,8H2,(H,13,18)(H,14,17). The van der Waals surface area contributed by atoms with Crippen LogP contribution in [0.1, 0.15) is 0 Å². The molecule has 1 atom stereocenters. The molecular weight excluding hydrogens is 250 g/mol. The molecule has 1 heterocycles. The van der Waals surface area contributed by atoms with Crippen LogP contribution in [0.15, 0.2) is 30.3 Å². The van der Waals surface area contributed by atoms with E-state index in [1.165, 1.54) is 4.90 Å². The molecule has 0 saturated carbocycles. The lowest BCUT2D eigenvalue weighted by Crippen LogP contribution is -2.52. The zero-order valence-electron chi connectivity index (χ0n) is 9.96. The van der Waals surface area contributed by atoms with E-state index in [9.17, 15) is 14.4 Å². The molecule has 1 aromatic carbocycles. The first-order valence-electron chi connectivity index (χ1n) is 5.60. The molecule has 1 aliphatic rings. The van der Waals surface area contributed by atoms with Crippen molar-refractivity contribution in [3.63, 3.8) is 0 Å². The Morgan fingerprint density at radius 2 is 2.21 bits per heavy atom. The van der Waals surface area contributed by atoms with Crippen LogP contribution in [-0.4, -0.2) is 37.7 Å². The summed E-state index contributed by atoms with van der Waals surface area (Å²) >= 11 is 0. The van der Waals surface area contributed by atoms with Gasteiger partial charge in [-0.05, 0) is 12.1 Å². The number of hydrogen-bond acceptors (Lipinski definition) is 4. The molecule has 7 nitrogen and oxygen atoms in total. The summed E-state index contributed by atoms with van der Waals surface area (Å²) in [5.41, 5.74) is 0.540. The zero-order valence-corrected chi connectivity index (χ0v) is 9.96. The van der Waals surface area contributed by atoms with Gasteiger partial charge >= 0.3 is 6.03 Å². The fourth-order valence-electron chi connectivity index (χ4n) is 1.66. The summed E-state index contributed by atoms with van der Waals surface area (Å²) in [5, 5.41) is 4.87. The lowest BCUT2D eigenvalue weighted by Gasteiger charge is -2.27. The third-order valence-electron chi connectivity index (χ3n) is 2.46. The molecule has 1 radical (unpaired) electrons. The van der Waals surface area contributed by atoms with E-state index in [0.717, 1.165) is 0 Å². The maximum atomic E-state index is 12.0. The second-order valence-corrected chi connectivity index (χ2v) is 3.74. The van der Waals surface area contributed by atoms with Gasteiger partial charge < -0.3 is 15.4 Å². The molecule has 0 bridgehead atoms. The smallest absolute Gasteiger partial charge is 0.325 e. The summed E-state index contributed by atoms with van der Waals surface area (Å²) in [6, 6.07) is 8.13. The minimum atomic E-state index is -0.887. The molecule has 2 rings (SSSR count). The minimum absolute atomic E-state index is 0.110. The van der Waals surface area contributed by atoms with Gasteiger partial charge in [-0.15, -0.1) is 0 Å². The Morgan fingerprint density at radius 1 is 1.47 bits per heavy atom. The molecule has 99 valence electrons. The molecule has 2 N–H and O–H groups in total. The molecule has 1 aliphatic heterocycles. The number of amides is 3. The second-order valence-electron chi connectivity index (χ2n) is 3.74. The van der Waals surface area contributed by atoms with Crippen molar-refractivity contribution in [3.05, 3.63) is 30.3 Å². The molecule has 0 aliphatic carbocycles. The van der Waals surface area contributed by atoms with Crippen LogP contribution in [0.25, 0.3) is 0 Å². The summed E-state index contributed by atoms with van der Waals surface area (Å²) in [7, 11) is 0. The number of anilines is 1. The van der Waals surface area contributed by atoms with E-state index >= 15 is 0 Å². The summed E-state index contributed by atoms with van der Waals surface area (Å²) in [4.78, 5) is 34.6. The highest BCUT2D eigenvalue weighted by atomic mass is 16.5. The van der Waals surface area contributed by atoms with Crippen molar-refractivity contribution < 1.29 is 19.1 Å². The Kier molecular flexibility index (Phi) is 4.09. The monoisotopic (exact) mass is 262 g/mol. The van der Waals surface area contributed by atoms with Gasteiger partial charge in [0, 0.05) is 5.69 Å². The number of para-hydroxylation sites is 1. The van der Waals surface area contributed by atoms with Gasteiger partial charge in [-0.1, -0.05) is 18.2 Å². The molecule has 1 aromatic rings. The van der Waals surface area contributed by atoms with Crippen molar-refractivity contribution in [1.29, 1.82) is 0 Å². The molecule has 1 fully saturated rings. The van der Waals surface area contributed by atoms with Gasteiger partial charge in [0.25, 0.3) is 0 Å². The van der Waals surface area contributed by atoms with Crippen molar-refractivity contribution in [2.45, 2.75) is 6.35 Å². The van der Waals surface area contributed by atoms with E-state index in [2.05, 4.69) is 10.6 Å². The van der Waals surface area contributed by atoms with Crippen molar-refractivity contribution >= 4 is 23.9 Å². The van der Waals surface area contributed by atoms with Gasteiger partial charge in [0.05, 0.1) is 6.54 Å². The third kappa shape index (κ3) is 3.08. The highest BCUT2D eigenvalue weighted by Gasteiger charge is 2.32. The lowest BCUT2D eigenvalue weighted by molar-refractivity contribution is -0.119. The summed E-state index contributed by atoms with van der Waals surface area (Å²) in [5.74, 6) is -0.305. The van der Waals surface area contributed by atoms with E-state index < -0.39 is 12.4 Å². The number of ether oxygens (including phenoxy) is 1. The average Bonchev–Trinajstić information content (AvgIpc) is 2.84. The minimum Gasteiger partial charge on any atom is -0.330 e. The van der Waals surface area contributed by atoms with Gasteiger partial charge in [-0.3, -0.25) is 9.59 Å². The number of carbonyl (C=O) groups is 2. The predicted octanol–water partition coefficient (Wildman–Crippen LogP) is -0.258. The molecular formula is C12H12N3O4. The SMILES string of the molecule is O=[C]CNC(=O)N(c1ccccc1)C1NC(=O)CO1. The molecule has 1 unspecified atom stereocenters. The van der Waals surface area contributed by atoms with Crippen LogP contribution in [0.5, 0.6) is 0 Å². The lowest BCUT2D eigenvalue weighted by atomic mass is 10.3. The number of rotatable bonds is 4. The Labute approximate surface area is 109 Å². The highest BCUT2D eigenvalue weighted by molar-refractivity contribution is 5.94. The number of carbonyl (C=O) groups excluding carboxylic acids is 3. The van der Waals surface area contributed by atoms with Crippen LogP contribution in [-0.2, 0) is 14.3 Å². The van der Waals surface area contributed by atoms with Gasteiger partial charge in [0.2, 0.25) is 18.5 Å². The summed E-state index contributed by atoms with van der Waals surface area (Å²) in [6.07, 6.45) is 0.680. The van der Waals surface area contributed by atoms with Crippen LogP contribution in [0.4, 0.5) is 10.5 Å². The summed E-state index contributed by atoms with van der Waals surface area (Å²) < 4.78 is 5.19. The Hall–Kier alpha value is -2.41. The number of hydrogen-bond donors (Lipinski definition) is 2. The number of nitrogens with zero attached hydrogens (tertiary/aromatic N) is 1. The van der Waals surface area contributed by atoms with Crippen LogP contribution in [0.2, 0.25) is 0 Å². The van der Waals surface area contributed by atoms with Gasteiger partial charge in [0.1, 0.15) is 6.61 Å². The number of urea groups is 1. The van der Waals surface area contributed by atoms with Gasteiger partial charge in [-0.2, -0.15) is 0 Å². The van der Waals surface area contributed by atoms with Crippen molar-refractivity contribution in [1.82, 2.24) is 10.6 Å². The number of nitrogens with one attached hydrogen (secondary N) is 2. The number of benzene rings is 1. The molecule has 1 saturated heterocycles. The van der Waals surface area contributed by atoms with E-state index in [0.29, 0.717) is 5.69 Å². The fraction of sp³-hybridized carbons (Fsp3) is 0.250. The second kappa shape index (κ2) is 5.96. The molecule has 19 heavy (non-hydrogen) atoms. The Morgan fingerprint density at radius 3 is 2.79 bits per heavy atom. The largest absolute Gasteiger partial charge is 0.330 e. The first-order valence-corrected chi connectivity index (χ1v) is 5.60. The van der Waals surface area contributed by atoms with E-state index in [1.807, 2.05) is 0 Å². The van der Waals surface area contributed by atoms with E-state index in [-0.39, 0.29) is 19.1 Å². The maximum absolute atomic E-state index is 12.0. The van der Waals surface area contributed by atoms with Crippen molar-refractivity contribution in [2.75, 3.05) is 18.1 Å². The molecule has 0 spiro atoms. The molecule has 3 amide bonds. The fourth-order valence-corrected chi connectivity index (χ4v) is 1.66. The first-order chi connectivity index (χ1) is 9.22. The van der Waals surface area contributed by atoms with Crippen molar-refractivity contribution in [2.24, 2.45) is 0 Å². The van der Waals surface area contributed by atoms with E-state index in [4.69, 9.17) is 4.74 Å². The van der Waals surface area contributed by atoms with Crippen LogP contribution in [0, 0.1) is 0 Å². The highest BCUT2D eigenvalue weighted by Crippen LogP contribution is 2.18. The van der Waals surface area contributed by atoms with Gasteiger partial charge in [-0.25, -0.2) is 9.69 Å². The van der Waals surface area contributed by atoms with Crippen LogP contribution < -0.4 is 15.5 Å². The normalized spacial score (nSPS) is 17.7. The predicted molar refractivity (Wildman–Crippen MR) is 65.9 cm³/mol. The summed E-state index contributed by atoms with van der Waals surface area (Å²) in [6.45, 7) is -0.343. The van der Waals surface area contributed by atoms with Crippen LogP contribution in [0.3, 0.4) is 0 Å². The van der Waals surface area contributed by atoms with Gasteiger partial charge in [0.15, 0.2) is 0 Å². The third-order valence-corrected chi connectivity index (χ3v) is 2.46. The zero-order chi connectivity index (χ0) is 13.7. The topological polar surface area (TPSA) is 87.7 Å². The molecule has 7 heteroatoms. The van der Waals surface area contributed by atoms with Crippen molar-refractivity contribution in [3.8, 4) is 0 Å². The Balaban J connectivity index is 2.20. The first kappa shape index (κ1) is 13.0. The van der Waals surface area contributed by atoms with E-state index in [1.54, 1.807) is 36.6 Å². The van der Waals surface area contributed by atoms with Crippen LogP contribution >= 0.6 is 0 Å².